The van der Waals surface area contributed by atoms with Gasteiger partial charge < -0.3 is 9.84 Å². The van der Waals surface area contributed by atoms with Crippen molar-refractivity contribution >= 4 is 31.3 Å². The number of rotatable bonds is 3. The number of hydrogen-bond acceptors (Lipinski definition) is 4. The molecule has 0 aliphatic heterocycles. The smallest absolute Gasteiger partial charge is 0.236 e. The summed E-state index contributed by atoms with van der Waals surface area (Å²) in [5.41, 5.74) is 0.135. The zero-order valence-corrected chi connectivity index (χ0v) is 10.0. The lowest BCUT2D eigenvalue weighted by Gasteiger charge is -2.07. The van der Waals surface area contributed by atoms with Crippen LogP contribution in [-0.4, -0.2) is 20.6 Å². The van der Waals surface area contributed by atoms with Gasteiger partial charge in [0.25, 0.3) is 0 Å². The van der Waals surface area contributed by atoms with E-state index in [1.807, 2.05) is 0 Å². The van der Waals surface area contributed by atoms with E-state index in [1.165, 1.54) is 19.2 Å². The maximum absolute atomic E-state index is 10.8. The molecule has 1 rings (SSSR count). The molecule has 0 aromatic heterocycles. The van der Waals surface area contributed by atoms with Gasteiger partial charge in [-0.1, -0.05) is 11.6 Å². The summed E-state index contributed by atoms with van der Waals surface area (Å²) < 4.78 is 26.4. The first-order valence-corrected chi connectivity index (χ1v) is 6.67. The van der Waals surface area contributed by atoms with Gasteiger partial charge in [0.1, 0.15) is 11.5 Å². The molecule has 0 fully saturated rings. The molecule has 0 saturated heterocycles. The van der Waals surface area contributed by atoms with Crippen molar-refractivity contribution in [2.45, 2.75) is 5.75 Å². The summed E-state index contributed by atoms with van der Waals surface area (Å²) in [6.45, 7) is 0. The van der Waals surface area contributed by atoms with Crippen LogP contribution in [0.5, 0.6) is 11.5 Å². The van der Waals surface area contributed by atoms with E-state index >= 15 is 0 Å². The Hall–Kier alpha value is -0.650. The maximum atomic E-state index is 10.8. The van der Waals surface area contributed by atoms with Crippen molar-refractivity contribution in [3.63, 3.8) is 0 Å². The fourth-order valence-electron chi connectivity index (χ4n) is 1.04. The molecule has 0 bridgehead atoms. The minimum Gasteiger partial charge on any atom is -0.507 e. The summed E-state index contributed by atoms with van der Waals surface area (Å²) in [7, 11) is 2.72. The van der Waals surface area contributed by atoms with Crippen molar-refractivity contribution in [1.82, 2.24) is 0 Å². The van der Waals surface area contributed by atoms with Crippen LogP contribution in [0.4, 0.5) is 0 Å². The van der Waals surface area contributed by atoms with Crippen molar-refractivity contribution < 1.29 is 18.3 Å². The minimum absolute atomic E-state index is 0.135. The molecule has 0 spiro atoms. The Morgan fingerprint density at radius 1 is 1.47 bits per heavy atom. The van der Waals surface area contributed by atoms with Crippen molar-refractivity contribution in [2.24, 2.45) is 0 Å². The Balaban J connectivity index is 3.17. The SMILES string of the molecule is COc1cc(O)c(CS(=O)(=O)Cl)cc1Cl. The monoisotopic (exact) mass is 270 g/mol. The van der Waals surface area contributed by atoms with E-state index in [2.05, 4.69) is 0 Å². The van der Waals surface area contributed by atoms with E-state index in [1.54, 1.807) is 0 Å². The van der Waals surface area contributed by atoms with Gasteiger partial charge in [-0.15, -0.1) is 0 Å². The highest BCUT2D eigenvalue weighted by atomic mass is 35.7. The molecule has 0 radical (unpaired) electrons. The van der Waals surface area contributed by atoms with Crippen LogP contribution in [-0.2, 0) is 14.8 Å². The highest BCUT2D eigenvalue weighted by Gasteiger charge is 2.14. The summed E-state index contributed by atoms with van der Waals surface area (Å²) in [5, 5.41) is 9.66. The summed E-state index contributed by atoms with van der Waals surface area (Å²) in [6.07, 6.45) is 0. The molecule has 0 atom stereocenters. The Labute approximate surface area is 96.8 Å². The van der Waals surface area contributed by atoms with E-state index in [0.29, 0.717) is 0 Å². The molecule has 0 aliphatic rings. The number of methoxy groups -OCH3 is 1. The van der Waals surface area contributed by atoms with Gasteiger partial charge >= 0.3 is 0 Å². The zero-order valence-electron chi connectivity index (χ0n) is 7.70. The normalized spacial score (nSPS) is 11.4. The first-order chi connectivity index (χ1) is 6.83. The lowest BCUT2D eigenvalue weighted by Crippen LogP contribution is -1.96. The van der Waals surface area contributed by atoms with E-state index in [4.69, 9.17) is 27.0 Å². The number of phenolic OH excluding ortho intramolecular Hbond substituents is 1. The van der Waals surface area contributed by atoms with Gasteiger partial charge in [0, 0.05) is 22.3 Å². The molecule has 4 nitrogen and oxygen atoms in total. The van der Waals surface area contributed by atoms with Crippen LogP contribution >= 0.6 is 22.3 Å². The second-order valence-electron chi connectivity index (χ2n) is 2.80. The number of halogens is 2. The molecule has 7 heteroatoms. The fraction of sp³-hybridized carbons (Fsp3) is 0.250. The van der Waals surface area contributed by atoms with Crippen molar-refractivity contribution in [3.8, 4) is 11.5 Å². The summed E-state index contributed by atoms with van der Waals surface area (Å²) >= 11 is 5.76. The van der Waals surface area contributed by atoms with Gasteiger partial charge in [-0.3, -0.25) is 0 Å². The third kappa shape index (κ3) is 3.44. The first kappa shape index (κ1) is 12.4. The van der Waals surface area contributed by atoms with Crippen LogP contribution in [0.3, 0.4) is 0 Å². The van der Waals surface area contributed by atoms with Gasteiger partial charge in [-0.05, 0) is 6.07 Å². The second kappa shape index (κ2) is 4.47. The first-order valence-electron chi connectivity index (χ1n) is 3.81. The molecule has 1 aromatic rings. The highest BCUT2D eigenvalue weighted by Crippen LogP contribution is 2.33. The van der Waals surface area contributed by atoms with Crippen LogP contribution in [0.25, 0.3) is 0 Å². The lowest BCUT2D eigenvalue weighted by atomic mass is 10.2. The predicted molar refractivity (Wildman–Crippen MR) is 58.1 cm³/mol. The van der Waals surface area contributed by atoms with Gasteiger partial charge in [-0.2, -0.15) is 0 Å². The minimum atomic E-state index is -3.72. The number of benzene rings is 1. The van der Waals surface area contributed by atoms with Crippen LogP contribution < -0.4 is 4.74 Å². The van der Waals surface area contributed by atoms with E-state index < -0.39 is 14.8 Å². The molecule has 1 N–H and O–H groups in total. The third-order valence-electron chi connectivity index (χ3n) is 1.68. The standard InChI is InChI=1S/C8H8Cl2O4S/c1-14-8-3-7(11)5(2-6(8)9)4-15(10,12)13/h2-3,11H,4H2,1H3. The number of aromatic hydroxyl groups is 1. The van der Waals surface area contributed by atoms with E-state index in [-0.39, 0.29) is 22.1 Å². The molecule has 0 unspecified atom stereocenters. The highest BCUT2D eigenvalue weighted by molar-refractivity contribution is 8.13. The van der Waals surface area contributed by atoms with Gasteiger partial charge in [-0.25, -0.2) is 8.42 Å². The second-order valence-corrected chi connectivity index (χ2v) is 5.98. The van der Waals surface area contributed by atoms with Crippen LogP contribution in [0.15, 0.2) is 12.1 Å². The zero-order chi connectivity index (χ0) is 11.6. The number of phenols is 1. The van der Waals surface area contributed by atoms with Crippen LogP contribution in [0.1, 0.15) is 5.56 Å². The summed E-state index contributed by atoms with van der Waals surface area (Å²) in [5.74, 6) is -0.435. The van der Waals surface area contributed by atoms with Crippen molar-refractivity contribution in [3.05, 3.63) is 22.7 Å². The van der Waals surface area contributed by atoms with E-state index in [9.17, 15) is 13.5 Å². The molecular weight excluding hydrogens is 263 g/mol. The number of hydrogen-bond donors (Lipinski definition) is 1. The van der Waals surface area contributed by atoms with Gasteiger partial charge in [0.15, 0.2) is 0 Å². The lowest BCUT2D eigenvalue weighted by molar-refractivity contribution is 0.407. The predicted octanol–water partition coefficient (Wildman–Crippen LogP) is 2.12. The molecular formula is C8H8Cl2O4S. The summed E-state index contributed by atoms with van der Waals surface area (Å²) in [4.78, 5) is 0. The van der Waals surface area contributed by atoms with Crippen molar-refractivity contribution in [2.75, 3.05) is 7.11 Å². The molecule has 0 aliphatic carbocycles. The van der Waals surface area contributed by atoms with Gasteiger partial charge in [0.2, 0.25) is 9.05 Å². The quantitative estimate of drug-likeness (QED) is 0.855. The van der Waals surface area contributed by atoms with Gasteiger partial charge in [0.05, 0.1) is 17.9 Å². The summed E-state index contributed by atoms with van der Waals surface area (Å²) in [6, 6.07) is 2.54. The fourth-order valence-corrected chi connectivity index (χ4v) is 2.26. The van der Waals surface area contributed by atoms with E-state index in [0.717, 1.165) is 0 Å². The molecule has 15 heavy (non-hydrogen) atoms. The average molecular weight is 271 g/mol. The third-order valence-corrected chi connectivity index (χ3v) is 2.96. The van der Waals surface area contributed by atoms with Crippen LogP contribution in [0, 0.1) is 0 Å². The molecule has 0 heterocycles. The molecule has 0 amide bonds. The average Bonchev–Trinajstić information content (AvgIpc) is 2.08. The Morgan fingerprint density at radius 3 is 2.53 bits per heavy atom. The molecule has 0 saturated carbocycles. The topological polar surface area (TPSA) is 63.6 Å². The van der Waals surface area contributed by atoms with Crippen molar-refractivity contribution in [1.29, 1.82) is 0 Å². The maximum Gasteiger partial charge on any atom is 0.236 e. The Kier molecular flexibility index (Phi) is 3.70. The largest absolute Gasteiger partial charge is 0.507 e. The molecule has 84 valence electrons. The Bertz CT molecular complexity index is 470. The number of ether oxygens (including phenoxy) is 1. The Morgan fingerprint density at radius 2 is 2.07 bits per heavy atom. The molecule has 1 aromatic carbocycles. The van der Waals surface area contributed by atoms with Crippen LogP contribution in [0.2, 0.25) is 5.02 Å².